The molecule has 0 saturated carbocycles. The van der Waals surface area contributed by atoms with Gasteiger partial charge in [0.25, 0.3) is 0 Å². The Labute approximate surface area is 93.9 Å². The van der Waals surface area contributed by atoms with Gasteiger partial charge in [0.2, 0.25) is 0 Å². The van der Waals surface area contributed by atoms with Crippen molar-refractivity contribution in [2.75, 3.05) is 6.61 Å². The van der Waals surface area contributed by atoms with Crippen molar-refractivity contribution >= 4 is 5.97 Å². The Hall–Kier alpha value is -1.58. The molecule has 1 aromatic rings. The van der Waals surface area contributed by atoms with Crippen LogP contribution in [0.2, 0.25) is 0 Å². The van der Waals surface area contributed by atoms with Crippen LogP contribution in [0.25, 0.3) is 0 Å². The summed E-state index contributed by atoms with van der Waals surface area (Å²) in [5.74, 6) is -0.838. The second kappa shape index (κ2) is 6.10. The lowest BCUT2D eigenvalue weighted by Gasteiger charge is -2.07. The first-order valence-electron chi connectivity index (χ1n) is 5.21. The van der Waals surface area contributed by atoms with E-state index in [1.54, 1.807) is 19.1 Å². The van der Waals surface area contributed by atoms with Crippen LogP contribution in [-0.2, 0) is 4.79 Å². The molecule has 1 atom stereocenters. The van der Waals surface area contributed by atoms with E-state index in [1.807, 2.05) is 0 Å². The van der Waals surface area contributed by atoms with Crippen molar-refractivity contribution in [2.24, 2.45) is 5.92 Å². The summed E-state index contributed by atoms with van der Waals surface area (Å²) in [5.41, 5.74) is 0. The maximum absolute atomic E-state index is 12.5. The molecule has 1 N–H and O–H groups in total. The average molecular weight is 226 g/mol. The number of carboxylic acids is 1. The smallest absolute Gasteiger partial charge is 0.306 e. The predicted octanol–water partition coefficient (Wildman–Crippen LogP) is 2.71. The number of halogens is 1. The highest BCUT2D eigenvalue weighted by molar-refractivity contribution is 5.69. The lowest BCUT2D eigenvalue weighted by Crippen LogP contribution is -2.10. The first-order chi connectivity index (χ1) is 7.59. The molecule has 0 aliphatic carbocycles. The number of rotatable bonds is 6. The number of ether oxygens (including phenoxy) is 1. The Morgan fingerprint density at radius 2 is 2.06 bits per heavy atom. The van der Waals surface area contributed by atoms with Crippen LogP contribution in [0.1, 0.15) is 19.8 Å². The minimum atomic E-state index is -0.790. The quantitative estimate of drug-likeness (QED) is 0.758. The van der Waals surface area contributed by atoms with Crippen LogP contribution in [0, 0.1) is 11.7 Å². The highest BCUT2D eigenvalue weighted by Gasteiger charge is 2.09. The maximum atomic E-state index is 12.5. The summed E-state index contributed by atoms with van der Waals surface area (Å²) >= 11 is 0. The monoisotopic (exact) mass is 226 g/mol. The number of carbonyl (C=O) groups is 1. The van der Waals surface area contributed by atoms with E-state index in [4.69, 9.17) is 9.84 Å². The summed E-state index contributed by atoms with van der Waals surface area (Å²) in [4.78, 5) is 10.5. The molecule has 0 radical (unpaired) electrons. The first-order valence-corrected chi connectivity index (χ1v) is 5.21. The number of benzene rings is 1. The van der Waals surface area contributed by atoms with E-state index in [-0.39, 0.29) is 11.7 Å². The molecule has 1 unspecified atom stereocenters. The fourth-order valence-corrected chi connectivity index (χ4v) is 1.23. The SMILES string of the molecule is CC(CCCOc1ccc(F)cc1)C(=O)O. The van der Waals surface area contributed by atoms with Crippen molar-refractivity contribution in [1.29, 1.82) is 0 Å². The van der Waals surface area contributed by atoms with Crippen LogP contribution >= 0.6 is 0 Å². The third-order valence-electron chi connectivity index (χ3n) is 2.29. The van der Waals surface area contributed by atoms with Crippen molar-refractivity contribution in [3.05, 3.63) is 30.1 Å². The average Bonchev–Trinajstić information content (AvgIpc) is 2.26. The zero-order chi connectivity index (χ0) is 12.0. The Bertz CT molecular complexity index is 335. The van der Waals surface area contributed by atoms with Crippen molar-refractivity contribution in [3.8, 4) is 5.75 Å². The Morgan fingerprint density at radius 3 is 2.62 bits per heavy atom. The van der Waals surface area contributed by atoms with E-state index in [2.05, 4.69) is 0 Å². The highest BCUT2D eigenvalue weighted by atomic mass is 19.1. The molecule has 1 aromatic carbocycles. The predicted molar refractivity (Wildman–Crippen MR) is 57.9 cm³/mol. The van der Waals surface area contributed by atoms with Gasteiger partial charge in [-0.05, 0) is 37.1 Å². The second-order valence-electron chi connectivity index (χ2n) is 3.68. The number of hydrogen-bond acceptors (Lipinski definition) is 2. The van der Waals surface area contributed by atoms with E-state index in [0.29, 0.717) is 25.2 Å². The van der Waals surface area contributed by atoms with E-state index >= 15 is 0 Å². The molecule has 16 heavy (non-hydrogen) atoms. The molecule has 1 rings (SSSR count). The van der Waals surface area contributed by atoms with Gasteiger partial charge in [0.15, 0.2) is 0 Å². The lowest BCUT2D eigenvalue weighted by molar-refractivity contribution is -0.141. The molecule has 0 aliphatic heterocycles. The minimum Gasteiger partial charge on any atom is -0.494 e. The standard InChI is InChI=1S/C12H15FO3/c1-9(12(14)15)3-2-8-16-11-6-4-10(13)5-7-11/h4-7,9H,2-3,8H2,1H3,(H,14,15). The molecule has 0 amide bonds. The Kier molecular flexibility index (Phi) is 4.76. The molecule has 0 fully saturated rings. The first kappa shape index (κ1) is 12.5. The molecule has 0 spiro atoms. The molecular formula is C12H15FO3. The summed E-state index contributed by atoms with van der Waals surface area (Å²) in [6, 6.07) is 5.76. The molecular weight excluding hydrogens is 211 g/mol. The van der Waals surface area contributed by atoms with E-state index < -0.39 is 5.97 Å². The van der Waals surface area contributed by atoms with Crippen molar-refractivity contribution in [3.63, 3.8) is 0 Å². The van der Waals surface area contributed by atoms with Gasteiger partial charge in [-0.3, -0.25) is 4.79 Å². The summed E-state index contributed by atoms with van der Waals surface area (Å²) in [5, 5.41) is 8.65. The summed E-state index contributed by atoms with van der Waals surface area (Å²) < 4.78 is 17.9. The van der Waals surface area contributed by atoms with Gasteiger partial charge in [-0.25, -0.2) is 4.39 Å². The lowest BCUT2D eigenvalue weighted by atomic mass is 10.1. The molecule has 4 heteroatoms. The van der Waals surface area contributed by atoms with Crippen LogP contribution in [0.3, 0.4) is 0 Å². The van der Waals surface area contributed by atoms with Crippen molar-refractivity contribution in [2.45, 2.75) is 19.8 Å². The van der Waals surface area contributed by atoms with Crippen LogP contribution < -0.4 is 4.74 Å². The number of carboxylic acid groups (broad SMARTS) is 1. The minimum absolute atomic E-state index is 0.299. The third kappa shape index (κ3) is 4.29. The topological polar surface area (TPSA) is 46.5 Å². The normalized spacial score (nSPS) is 12.1. The molecule has 3 nitrogen and oxygen atoms in total. The summed E-state index contributed by atoms with van der Waals surface area (Å²) in [7, 11) is 0. The van der Waals surface area contributed by atoms with Gasteiger partial charge >= 0.3 is 5.97 Å². The zero-order valence-electron chi connectivity index (χ0n) is 9.15. The second-order valence-corrected chi connectivity index (χ2v) is 3.68. The molecule has 0 aliphatic rings. The maximum Gasteiger partial charge on any atom is 0.306 e. The van der Waals surface area contributed by atoms with Gasteiger partial charge in [-0.2, -0.15) is 0 Å². The van der Waals surface area contributed by atoms with E-state index in [0.717, 1.165) is 0 Å². The fraction of sp³-hybridized carbons (Fsp3) is 0.417. The van der Waals surface area contributed by atoms with Crippen LogP contribution in [0.15, 0.2) is 24.3 Å². The van der Waals surface area contributed by atoms with Gasteiger partial charge in [0, 0.05) is 0 Å². The van der Waals surface area contributed by atoms with Gasteiger partial charge < -0.3 is 9.84 Å². The largest absolute Gasteiger partial charge is 0.494 e. The molecule has 0 bridgehead atoms. The van der Waals surface area contributed by atoms with Crippen molar-refractivity contribution < 1.29 is 19.0 Å². The third-order valence-corrected chi connectivity index (χ3v) is 2.29. The fourth-order valence-electron chi connectivity index (χ4n) is 1.23. The molecule has 0 heterocycles. The van der Waals surface area contributed by atoms with Crippen LogP contribution in [-0.4, -0.2) is 17.7 Å². The van der Waals surface area contributed by atoms with Gasteiger partial charge in [0.05, 0.1) is 12.5 Å². The number of aliphatic carboxylic acids is 1. The van der Waals surface area contributed by atoms with E-state index in [9.17, 15) is 9.18 Å². The Morgan fingerprint density at radius 1 is 1.44 bits per heavy atom. The van der Waals surface area contributed by atoms with Gasteiger partial charge in [-0.15, -0.1) is 0 Å². The van der Waals surface area contributed by atoms with Gasteiger partial charge in [0.1, 0.15) is 11.6 Å². The molecule has 88 valence electrons. The zero-order valence-corrected chi connectivity index (χ0v) is 9.15. The Balaban J connectivity index is 2.21. The van der Waals surface area contributed by atoms with Crippen LogP contribution in [0.4, 0.5) is 4.39 Å². The summed E-state index contributed by atoms with van der Waals surface area (Å²) in [6.45, 7) is 2.11. The molecule has 0 aromatic heterocycles. The van der Waals surface area contributed by atoms with Crippen molar-refractivity contribution in [1.82, 2.24) is 0 Å². The van der Waals surface area contributed by atoms with Crippen LogP contribution in [0.5, 0.6) is 5.75 Å². The highest BCUT2D eigenvalue weighted by Crippen LogP contribution is 2.12. The summed E-state index contributed by atoms with van der Waals surface area (Å²) in [6.07, 6.45) is 1.25. The number of hydrogen-bond donors (Lipinski definition) is 1. The van der Waals surface area contributed by atoms with Gasteiger partial charge in [-0.1, -0.05) is 6.92 Å². The van der Waals surface area contributed by atoms with E-state index in [1.165, 1.54) is 12.1 Å². The molecule has 0 saturated heterocycles.